The van der Waals surface area contributed by atoms with E-state index in [1.807, 2.05) is 31.3 Å². The first-order valence-corrected chi connectivity index (χ1v) is 5.00. The number of benzene rings is 1. The highest BCUT2D eigenvalue weighted by Crippen LogP contribution is 2.19. The third-order valence-electron chi connectivity index (χ3n) is 2.28. The standard InChI is InChI=1S/C12H16N2O/c1-14(9-4-3-8-13)11-6-5-7-12(10-11)15-2/h5-7,10H,3-4,9H2,1-2H3. The highest BCUT2D eigenvalue weighted by atomic mass is 16.5. The van der Waals surface area contributed by atoms with Gasteiger partial charge in [-0.1, -0.05) is 6.07 Å². The fraction of sp³-hybridized carbons (Fsp3) is 0.417. The summed E-state index contributed by atoms with van der Waals surface area (Å²) < 4.78 is 5.15. The Labute approximate surface area is 90.9 Å². The third-order valence-corrected chi connectivity index (χ3v) is 2.28. The van der Waals surface area contributed by atoms with E-state index in [0.717, 1.165) is 24.4 Å². The number of nitriles is 1. The second-order valence-electron chi connectivity index (χ2n) is 3.38. The largest absolute Gasteiger partial charge is 0.497 e. The molecule has 0 aliphatic heterocycles. The molecule has 0 unspecified atom stereocenters. The fourth-order valence-corrected chi connectivity index (χ4v) is 1.37. The average Bonchev–Trinajstić information content (AvgIpc) is 2.29. The Morgan fingerprint density at radius 3 is 2.93 bits per heavy atom. The van der Waals surface area contributed by atoms with Crippen LogP contribution in [0.15, 0.2) is 24.3 Å². The molecule has 0 bridgehead atoms. The lowest BCUT2D eigenvalue weighted by Gasteiger charge is -2.19. The molecule has 0 radical (unpaired) electrons. The zero-order chi connectivity index (χ0) is 11.1. The molecule has 0 saturated carbocycles. The van der Waals surface area contributed by atoms with Crippen molar-refractivity contribution in [2.24, 2.45) is 0 Å². The Morgan fingerprint density at radius 1 is 1.47 bits per heavy atom. The predicted molar refractivity (Wildman–Crippen MR) is 61.1 cm³/mol. The van der Waals surface area contributed by atoms with Gasteiger partial charge >= 0.3 is 0 Å². The van der Waals surface area contributed by atoms with Crippen molar-refractivity contribution < 1.29 is 4.74 Å². The monoisotopic (exact) mass is 204 g/mol. The Balaban J connectivity index is 2.57. The molecular formula is C12H16N2O. The van der Waals surface area contributed by atoms with Gasteiger partial charge in [0.2, 0.25) is 0 Å². The summed E-state index contributed by atoms with van der Waals surface area (Å²) in [5.74, 6) is 0.861. The normalized spacial score (nSPS) is 9.40. The van der Waals surface area contributed by atoms with Crippen LogP contribution in [0.25, 0.3) is 0 Å². The maximum atomic E-state index is 8.44. The Morgan fingerprint density at radius 2 is 2.27 bits per heavy atom. The molecule has 0 spiro atoms. The number of nitrogens with zero attached hydrogens (tertiary/aromatic N) is 2. The Hall–Kier alpha value is -1.69. The number of rotatable bonds is 5. The van der Waals surface area contributed by atoms with E-state index in [2.05, 4.69) is 11.0 Å². The van der Waals surface area contributed by atoms with Gasteiger partial charge in [-0.25, -0.2) is 0 Å². The molecule has 0 heterocycles. The zero-order valence-corrected chi connectivity index (χ0v) is 9.23. The fourth-order valence-electron chi connectivity index (χ4n) is 1.37. The first-order valence-electron chi connectivity index (χ1n) is 5.00. The van der Waals surface area contributed by atoms with E-state index in [-0.39, 0.29) is 0 Å². The summed E-state index contributed by atoms with van der Waals surface area (Å²) in [4.78, 5) is 2.12. The minimum absolute atomic E-state index is 0.605. The van der Waals surface area contributed by atoms with E-state index in [1.165, 1.54) is 0 Å². The molecule has 1 aromatic rings. The smallest absolute Gasteiger partial charge is 0.120 e. The molecule has 0 N–H and O–H groups in total. The molecule has 3 nitrogen and oxygen atoms in total. The summed E-state index contributed by atoms with van der Waals surface area (Å²) in [6.45, 7) is 0.890. The van der Waals surface area contributed by atoms with Crippen LogP contribution in [-0.2, 0) is 0 Å². The lowest BCUT2D eigenvalue weighted by Crippen LogP contribution is -2.18. The van der Waals surface area contributed by atoms with Gasteiger partial charge in [0.05, 0.1) is 13.2 Å². The average molecular weight is 204 g/mol. The number of hydrogen-bond donors (Lipinski definition) is 0. The topological polar surface area (TPSA) is 36.3 Å². The van der Waals surface area contributed by atoms with Gasteiger partial charge in [-0.05, 0) is 18.6 Å². The second-order valence-corrected chi connectivity index (χ2v) is 3.38. The molecule has 0 atom stereocenters. The van der Waals surface area contributed by atoms with E-state index in [1.54, 1.807) is 7.11 Å². The van der Waals surface area contributed by atoms with Crippen LogP contribution in [0.3, 0.4) is 0 Å². The number of ether oxygens (including phenoxy) is 1. The maximum Gasteiger partial charge on any atom is 0.120 e. The van der Waals surface area contributed by atoms with Gasteiger partial charge in [-0.15, -0.1) is 0 Å². The zero-order valence-electron chi connectivity index (χ0n) is 9.23. The van der Waals surface area contributed by atoms with Gasteiger partial charge in [-0.2, -0.15) is 5.26 Å². The van der Waals surface area contributed by atoms with Crippen molar-refractivity contribution >= 4 is 5.69 Å². The van der Waals surface area contributed by atoms with E-state index in [4.69, 9.17) is 10.00 Å². The Bertz CT molecular complexity index is 344. The third kappa shape index (κ3) is 3.51. The summed E-state index contributed by atoms with van der Waals surface area (Å²) in [7, 11) is 3.68. The Kier molecular flexibility index (Phi) is 4.49. The molecule has 1 rings (SSSR count). The quantitative estimate of drug-likeness (QED) is 0.691. The molecule has 1 aromatic carbocycles. The first-order chi connectivity index (χ1) is 7.27. The van der Waals surface area contributed by atoms with Crippen LogP contribution in [-0.4, -0.2) is 20.7 Å². The van der Waals surface area contributed by atoms with Crippen molar-refractivity contribution in [1.82, 2.24) is 0 Å². The SMILES string of the molecule is COc1cccc(N(C)CCCC#N)c1. The van der Waals surface area contributed by atoms with Crippen LogP contribution in [0, 0.1) is 11.3 Å². The van der Waals surface area contributed by atoms with Crippen LogP contribution in [0.4, 0.5) is 5.69 Å². The molecule has 0 aliphatic rings. The first kappa shape index (κ1) is 11.4. The van der Waals surface area contributed by atoms with Crippen LogP contribution in [0.1, 0.15) is 12.8 Å². The van der Waals surface area contributed by atoms with Gasteiger partial charge in [0.15, 0.2) is 0 Å². The summed E-state index contributed by atoms with van der Waals surface area (Å²) in [6, 6.07) is 10.1. The van der Waals surface area contributed by atoms with E-state index >= 15 is 0 Å². The van der Waals surface area contributed by atoms with Crippen molar-refractivity contribution in [1.29, 1.82) is 5.26 Å². The summed E-state index contributed by atoms with van der Waals surface area (Å²) >= 11 is 0. The van der Waals surface area contributed by atoms with Crippen molar-refractivity contribution in [2.45, 2.75) is 12.8 Å². The highest BCUT2D eigenvalue weighted by molar-refractivity contribution is 5.49. The lowest BCUT2D eigenvalue weighted by atomic mass is 10.2. The van der Waals surface area contributed by atoms with Gasteiger partial charge < -0.3 is 9.64 Å². The molecule has 15 heavy (non-hydrogen) atoms. The lowest BCUT2D eigenvalue weighted by molar-refractivity contribution is 0.415. The van der Waals surface area contributed by atoms with Crippen molar-refractivity contribution in [3.63, 3.8) is 0 Å². The summed E-state index contributed by atoms with van der Waals surface area (Å²) in [6.07, 6.45) is 1.50. The number of methoxy groups -OCH3 is 1. The van der Waals surface area contributed by atoms with E-state index < -0.39 is 0 Å². The minimum atomic E-state index is 0.605. The van der Waals surface area contributed by atoms with Crippen LogP contribution >= 0.6 is 0 Å². The molecule has 80 valence electrons. The molecule has 3 heteroatoms. The number of unbranched alkanes of at least 4 members (excludes halogenated alkanes) is 1. The number of hydrogen-bond acceptors (Lipinski definition) is 3. The van der Waals surface area contributed by atoms with Gasteiger partial charge in [0.25, 0.3) is 0 Å². The molecule has 0 aliphatic carbocycles. The summed E-state index contributed by atoms with van der Waals surface area (Å²) in [5.41, 5.74) is 1.12. The van der Waals surface area contributed by atoms with Crippen molar-refractivity contribution in [3.8, 4) is 11.8 Å². The predicted octanol–water partition coefficient (Wildman–Crippen LogP) is 2.44. The molecule has 0 fully saturated rings. The number of anilines is 1. The van der Waals surface area contributed by atoms with Crippen LogP contribution in [0.5, 0.6) is 5.75 Å². The van der Waals surface area contributed by atoms with Gasteiger partial charge in [-0.3, -0.25) is 0 Å². The van der Waals surface area contributed by atoms with Gasteiger partial charge in [0, 0.05) is 31.8 Å². The highest BCUT2D eigenvalue weighted by Gasteiger charge is 2.01. The molecule has 0 saturated heterocycles. The maximum absolute atomic E-state index is 8.44. The van der Waals surface area contributed by atoms with E-state index in [9.17, 15) is 0 Å². The van der Waals surface area contributed by atoms with Crippen molar-refractivity contribution in [2.75, 3.05) is 25.6 Å². The minimum Gasteiger partial charge on any atom is -0.497 e. The second kappa shape index (κ2) is 5.92. The van der Waals surface area contributed by atoms with Crippen LogP contribution in [0.2, 0.25) is 0 Å². The van der Waals surface area contributed by atoms with E-state index in [0.29, 0.717) is 6.42 Å². The summed E-state index contributed by atoms with van der Waals surface area (Å²) in [5, 5.41) is 8.44. The van der Waals surface area contributed by atoms with Crippen molar-refractivity contribution in [3.05, 3.63) is 24.3 Å². The molecule has 0 aromatic heterocycles. The molecular weight excluding hydrogens is 188 g/mol. The molecule has 0 amide bonds. The van der Waals surface area contributed by atoms with Gasteiger partial charge in [0.1, 0.15) is 5.75 Å². The van der Waals surface area contributed by atoms with Crippen LogP contribution < -0.4 is 9.64 Å².